The van der Waals surface area contributed by atoms with Gasteiger partial charge < -0.3 is 18.9 Å². The van der Waals surface area contributed by atoms with Crippen LogP contribution in [-0.4, -0.2) is 37.4 Å². The Bertz CT molecular complexity index is 1990. The van der Waals surface area contributed by atoms with E-state index in [0.29, 0.717) is 36.9 Å². The number of fused-ring (bicyclic) bond motifs is 10. The van der Waals surface area contributed by atoms with Crippen LogP contribution in [0.2, 0.25) is 0 Å². The summed E-state index contributed by atoms with van der Waals surface area (Å²) >= 11 is 0. The van der Waals surface area contributed by atoms with Gasteiger partial charge in [0.25, 0.3) is 0 Å². The van der Waals surface area contributed by atoms with Crippen molar-refractivity contribution in [3.8, 4) is 11.5 Å². The molecule has 0 saturated heterocycles. The highest BCUT2D eigenvalue weighted by Crippen LogP contribution is 2.69. The predicted octanol–water partition coefficient (Wildman–Crippen LogP) is 18.7. The van der Waals surface area contributed by atoms with Gasteiger partial charge in [-0.3, -0.25) is 9.59 Å². The van der Waals surface area contributed by atoms with Gasteiger partial charge in [-0.15, -0.1) is 0 Å². The SMILES string of the molecule is CC(C)CCC[C@@H](C)[C@H]1CC[C@H]2[C@@H]3CC=C4C[C@@H](OC(=O)CCCCOc5ccc(OCCCCC(=O)O[C@H]6CC[C@@]7(C)C(=CC[C@H]8[C@@H]9CC[C@H]([C@H](C)CCCC(C)C)[C@@]9(C)CC[C@@H]87)C6)cc5)CC[C@]4(C)[C@H]3CC[C@]12C. The number of carbonyl (C=O) groups is 2. The van der Waals surface area contributed by atoms with Crippen molar-refractivity contribution < 1.29 is 28.5 Å². The van der Waals surface area contributed by atoms with Gasteiger partial charge in [0.1, 0.15) is 23.7 Å². The van der Waals surface area contributed by atoms with E-state index in [1.807, 2.05) is 24.3 Å². The summed E-state index contributed by atoms with van der Waals surface area (Å²) in [5.74, 6) is 11.6. The molecule has 0 unspecified atom stereocenters. The number of esters is 2. The number of hydrogen-bond acceptors (Lipinski definition) is 6. The molecule has 76 heavy (non-hydrogen) atoms. The fraction of sp³-hybridized carbons (Fsp3) is 0.829. The fourth-order valence-electron chi connectivity index (χ4n) is 19.7. The van der Waals surface area contributed by atoms with Crippen LogP contribution < -0.4 is 9.47 Å². The van der Waals surface area contributed by atoms with Crippen LogP contribution in [0.4, 0.5) is 0 Å². The molecule has 0 spiro atoms. The lowest BCUT2D eigenvalue weighted by atomic mass is 9.47. The van der Waals surface area contributed by atoms with Crippen LogP contribution in [0.3, 0.4) is 0 Å². The maximum Gasteiger partial charge on any atom is 0.306 e. The zero-order valence-electron chi connectivity index (χ0n) is 50.2. The number of carbonyl (C=O) groups excluding carboxylic acids is 2. The van der Waals surface area contributed by atoms with Crippen molar-refractivity contribution in [3.63, 3.8) is 0 Å². The van der Waals surface area contributed by atoms with Gasteiger partial charge >= 0.3 is 11.9 Å². The minimum Gasteiger partial charge on any atom is -0.494 e. The average Bonchev–Trinajstić information content (AvgIpc) is 4.14. The van der Waals surface area contributed by atoms with Crippen LogP contribution in [0, 0.1) is 92.7 Å². The third-order valence-corrected chi connectivity index (χ3v) is 24.0. The molecule has 9 rings (SSSR count). The minimum absolute atomic E-state index is 0.0206. The van der Waals surface area contributed by atoms with Crippen LogP contribution in [0.25, 0.3) is 0 Å². The second-order valence-electron chi connectivity index (χ2n) is 29.4. The number of benzene rings is 1. The summed E-state index contributed by atoms with van der Waals surface area (Å²) in [7, 11) is 0. The molecule has 16 atom stereocenters. The lowest BCUT2D eigenvalue weighted by Gasteiger charge is -2.58. The Morgan fingerprint density at radius 3 is 1.29 bits per heavy atom. The fourth-order valence-corrected chi connectivity index (χ4v) is 19.7. The Balaban J connectivity index is 0.618. The molecule has 0 N–H and O–H groups in total. The maximum absolute atomic E-state index is 13.1. The molecule has 426 valence electrons. The van der Waals surface area contributed by atoms with Crippen molar-refractivity contribution in [3.05, 3.63) is 47.6 Å². The third-order valence-electron chi connectivity index (χ3n) is 24.0. The average molecular weight is 1050 g/mol. The highest BCUT2D eigenvalue weighted by atomic mass is 16.5. The smallest absolute Gasteiger partial charge is 0.306 e. The van der Waals surface area contributed by atoms with Crippen molar-refractivity contribution >= 4 is 11.9 Å². The Labute approximate surface area is 464 Å². The third kappa shape index (κ3) is 12.6. The highest BCUT2D eigenvalue weighted by molar-refractivity contribution is 5.70. The van der Waals surface area contributed by atoms with Gasteiger partial charge in [-0.2, -0.15) is 0 Å². The highest BCUT2D eigenvalue weighted by Gasteiger charge is 2.61. The molecule has 0 amide bonds. The normalized spacial score (nSPS) is 37.3. The minimum atomic E-state index is -0.0539. The number of allylic oxidation sites excluding steroid dienone is 2. The molecule has 8 aliphatic carbocycles. The van der Waals surface area contributed by atoms with E-state index >= 15 is 0 Å². The molecule has 0 radical (unpaired) electrons. The number of hydrogen-bond donors (Lipinski definition) is 0. The molecule has 8 aliphatic rings. The second kappa shape index (κ2) is 24.9. The molecular formula is C70H110O6. The number of unbranched alkanes of at least 4 members (excludes halogenated alkanes) is 2. The predicted molar refractivity (Wildman–Crippen MR) is 311 cm³/mol. The van der Waals surface area contributed by atoms with E-state index in [4.69, 9.17) is 18.9 Å². The summed E-state index contributed by atoms with van der Waals surface area (Å²) in [6.07, 6.45) is 37.6. The van der Waals surface area contributed by atoms with E-state index in [1.165, 1.54) is 103 Å². The van der Waals surface area contributed by atoms with Crippen LogP contribution in [0.1, 0.15) is 249 Å². The summed E-state index contributed by atoms with van der Waals surface area (Å²) in [4.78, 5) is 26.2. The summed E-state index contributed by atoms with van der Waals surface area (Å²) < 4.78 is 24.4. The molecule has 6 saturated carbocycles. The van der Waals surface area contributed by atoms with Gasteiger partial charge in [0.2, 0.25) is 0 Å². The van der Waals surface area contributed by atoms with E-state index in [2.05, 4.69) is 81.4 Å². The Kier molecular flexibility index (Phi) is 19.0. The van der Waals surface area contributed by atoms with Gasteiger partial charge in [-0.1, -0.05) is 131 Å². The molecule has 0 heterocycles. The second-order valence-corrected chi connectivity index (χ2v) is 29.4. The largest absolute Gasteiger partial charge is 0.494 e. The molecule has 0 aromatic heterocycles. The molecule has 1 aromatic carbocycles. The first-order chi connectivity index (χ1) is 36.4. The number of ether oxygens (including phenoxy) is 4. The zero-order chi connectivity index (χ0) is 53.8. The first-order valence-electron chi connectivity index (χ1n) is 32.5. The molecular weight excluding hydrogens is 937 g/mol. The van der Waals surface area contributed by atoms with E-state index < -0.39 is 0 Å². The Morgan fingerprint density at radius 1 is 0.487 bits per heavy atom. The van der Waals surface area contributed by atoms with Crippen molar-refractivity contribution in [1.29, 1.82) is 0 Å². The van der Waals surface area contributed by atoms with Crippen LogP contribution in [-0.2, 0) is 19.1 Å². The zero-order valence-corrected chi connectivity index (χ0v) is 50.2. The standard InChI is InChI=1S/C70H110O6/c1-47(2)17-15-19-49(5)59-31-33-61-57-29-23-51-45-55(35-39-67(51,7)63(57)37-41-69(59,61)9)75-65(71)21-11-13-43-73-53-25-27-54(28-26-53)74-44-14-12-22-66(72)76-56-36-40-68(8)52(46-56)24-30-58-62-34-32-60(50(6)20-16-18-48(3)4)70(62,10)42-38-64(58)68/h23-28,47-50,55-64H,11-22,29-46H2,1-10H3/t49-,50-,55+,56+,57+,58+,59-,60-,61+,62+,63+,64+,67+,68+,69-,70-/m1/s1. The van der Waals surface area contributed by atoms with Crippen molar-refractivity contribution in [2.45, 2.75) is 261 Å². The van der Waals surface area contributed by atoms with Gasteiger partial charge in [-0.05, 0) is 233 Å². The molecule has 6 heteroatoms. The van der Waals surface area contributed by atoms with Crippen LogP contribution in [0.15, 0.2) is 47.6 Å². The quantitative estimate of drug-likeness (QED) is 0.0584. The van der Waals surface area contributed by atoms with E-state index in [-0.39, 0.29) is 35.0 Å². The van der Waals surface area contributed by atoms with Gasteiger partial charge in [0.15, 0.2) is 0 Å². The summed E-state index contributed by atoms with van der Waals surface area (Å²) in [5.41, 5.74) is 4.76. The van der Waals surface area contributed by atoms with E-state index in [9.17, 15) is 9.59 Å². The van der Waals surface area contributed by atoms with Gasteiger partial charge in [-0.25, -0.2) is 0 Å². The monoisotopic (exact) mass is 1050 g/mol. The number of rotatable bonds is 24. The van der Waals surface area contributed by atoms with E-state index in [1.54, 1.807) is 11.1 Å². The lowest BCUT2D eigenvalue weighted by Crippen LogP contribution is -2.51. The maximum atomic E-state index is 13.1. The van der Waals surface area contributed by atoms with Crippen molar-refractivity contribution in [1.82, 2.24) is 0 Å². The van der Waals surface area contributed by atoms with Crippen molar-refractivity contribution in [2.75, 3.05) is 13.2 Å². The summed E-state index contributed by atoms with van der Waals surface area (Å²) in [6.45, 7) is 26.3. The molecule has 0 bridgehead atoms. The Morgan fingerprint density at radius 2 is 0.895 bits per heavy atom. The van der Waals surface area contributed by atoms with Crippen LogP contribution >= 0.6 is 0 Å². The molecule has 6 fully saturated rings. The topological polar surface area (TPSA) is 71.1 Å². The van der Waals surface area contributed by atoms with E-state index in [0.717, 1.165) is 147 Å². The molecule has 1 aromatic rings. The van der Waals surface area contributed by atoms with Crippen LogP contribution in [0.5, 0.6) is 11.5 Å². The summed E-state index contributed by atoms with van der Waals surface area (Å²) in [5, 5.41) is 0. The van der Waals surface area contributed by atoms with Crippen molar-refractivity contribution in [2.24, 2.45) is 92.7 Å². The Hall–Kier alpha value is -2.76. The van der Waals surface area contributed by atoms with Gasteiger partial charge in [0.05, 0.1) is 13.2 Å². The first kappa shape index (κ1) is 57.9. The first-order valence-corrected chi connectivity index (χ1v) is 32.5. The molecule has 6 nitrogen and oxygen atoms in total. The lowest BCUT2D eigenvalue weighted by molar-refractivity contribution is -0.152. The van der Waals surface area contributed by atoms with Gasteiger partial charge in [0, 0.05) is 25.7 Å². The molecule has 0 aliphatic heterocycles. The summed E-state index contributed by atoms with van der Waals surface area (Å²) in [6, 6.07) is 7.82.